The molecule has 36 heavy (non-hydrogen) atoms. The first kappa shape index (κ1) is 23.6. The molecule has 10 nitrogen and oxygen atoms in total. The predicted octanol–water partition coefficient (Wildman–Crippen LogP) is 3.95. The van der Waals surface area contributed by atoms with Gasteiger partial charge in [0.2, 0.25) is 0 Å². The lowest BCUT2D eigenvalue weighted by Crippen LogP contribution is -2.29. The molecule has 2 aliphatic rings. The minimum atomic E-state index is -0.347. The zero-order valence-electron chi connectivity index (χ0n) is 20.1. The van der Waals surface area contributed by atoms with Crippen LogP contribution in [0.3, 0.4) is 0 Å². The second-order valence-corrected chi connectivity index (χ2v) is 9.62. The molecule has 0 saturated carbocycles. The van der Waals surface area contributed by atoms with Crippen LogP contribution in [-0.4, -0.2) is 33.8 Å². The first-order chi connectivity index (χ1) is 17.4. The summed E-state index contributed by atoms with van der Waals surface area (Å²) in [7, 11) is 1.79. The molecule has 1 aliphatic carbocycles. The van der Waals surface area contributed by atoms with E-state index in [2.05, 4.69) is 56.7 Å². The smallest absolute Gasteiger partial charge is 0.270 e. The minimum Gasteiger partial charge on any atom is -0.347 e. The molecule has 3 aromatic rings. The first-order valence-electron chi connectivity index (χ1n) is 11.7. The fourth-order valence-electron chi connectivity index (χ4n) is 4.24. The van der Waals surface area contributed by atoms with Crippen LogP contribution in [0.1, 0.15) is 61.9 Å². The highest BCUT2D eigenvalue weighted by Gasteiger charge is 2.27. The maximum Gasteiger partial charge on any atom is 0.270 e. The third kappa shape index (κ3) is 4.69. The topological polar surface area (TPSA) is 115 Å². The molecule has 0 spiro atoms. The molecular weight excluding hydrogens is 476 g/mol. The molecule has 1 aromatic carbocycles. The van der Waals surface area contributed by atoms with Gasteiger partial charge < -0.3 is 10.6 Å². The Balaban J connectivity index is 1.23. The summed E-state index contributed by atoms with van der Waals surface area (Å²) in [4.78, 5) is 35.0. The third-order valence-corrected chi connectivity index (χ3v) is 7.41. The molecule has 184 valence electrons. The number of anilines is 1. The predicted molar refractivity (Wildman–Crippen MR) is 136 cm³/mol. The van der Waals surface area contributed by atoms with Crippen molar-refractivity contribution in [1.82, 2.24) is 25.6 Å². The van der Waals surface area contributed by atoms with Crippen molar-refractivity contribution in [3.8, 4) is 0 Å². The monoisotopic (exact) mass is 502 g/mol. The van der Waals surface area contributed by atoms with Gasteiger partial charge in [0, 0.05) is 24.5 Å². The molecule has 3 heterocycles. The minimum absolute atomic E-state index is 0.147. The van der Waals surface area contributed by atoms with E-state index in [1.54, 1.807) is 28.4 Å². The molecule has 1 atom stereocenters. The van der Waals surface area contributed by atoms with Crippen molar-refractivity contribution in [3.05, 3.63) is 87.4 Å². The average molecular weight is 503 g/mol. The SMILES string of the molecule is C=C1N(C)N=NN1c1ccc2c(c1)CC[C@@H]2NC(=O)c1cc(C(=O)NCc2csc(CC)c2)ncn1. The van der Waals surface area contributed by atoms with Crippen LogP contribution in [0.2, 0.25) is 0 Å². The van der Waals surface area contributed by atoms with Gasteiger partial charge in [-0.25, -0.2) is 15.0 Å². The van der Waals surface area contributed by atoms with Gasteiger partial charge >= 0.3 is 0 Å². The number of aryl methyl sites for hydroxylation is 2. The van der Waals surface area contributed by atoms with E-state index >= 15 is 0 Å². The average Bonchev–Trinajstić information content (AvgIpc) is 3.61. The highest BCUT2D eigenvalue weighted by atomic mass is 32.1. The van der Waals surface area contributed by atoms with Crippen molar-refractivity contribution in [2.24, 2.45) is 10.4 Å². The number of nitrogens with one attached hydrogen (secondary N) is 2. The van der Waals surface area contributed by atoms with Crippen molar-refractivity contribution < 1.29 is 9.59 Å². The summed E-state index contributed by atoms with van der Waals surface area (Å²) < 4.78 is 0. The van der Waals surface area contributed by atoms with Crippen molar-refractivity contribution in [2.45, 2.75) is 38.8 Å². The van der Waals surface area contributed by atoms with Gasteiger partial charge in [-0.1, -0.05) is 19.6 Å². The zero-order chi connectivity index (χ0) is 25.2. The molecule has 0 fully saturated rings. The highest BCUT2D eigenvalue weighted by Crippen LogP contribution is 2.36. The summed E-state index contributed by atoms with van der Waals surface area (Å²) in [6, 6.07) is 9.35. The molecule has 0 saturated heterocycles. The maximum absolute atomic E-state index is 13.0. The molecule has 1 aliphatic heterocycles. The van der Waals surface area contributed by atoms with Crippen LogP contribution in [0.25, 0.3) is 0 Å². The summed E-state index contributed by atoms with van der Waals surface area (Å²) >= 11 is 1.67. The number of fused-ring (bicyclic) bond motifs is 1. The normalized spacial score (nSPS) is 16.4. The second-order valence-electron chi connectivity index (χ2n) is 8.62. The molecule has 0 bridgehead atoms. The molecule has 2 amide bonds. The van der Waals surface area contributed by atoms with Gasteiger partial charge in [-0.3, -0.25) is 9.59 Å². The van der Waals surface area contributed by atoms with Gasteiger partial charge in [0.05, 0.1) is 11.7 Å². The van der Waals surface area contributed by atoms with E-state index in [9.17, 15) is 9.59 Å². The van der Waals surface area contributed by atoms with Gasteiger partial charge in [0.1, 0.15) is 23.5 Å². The third-order valence-electron chi connectivity index (χ3n) is 6.28. The zero-order valence-corrected chi connectivity index (χ0v) is 20.9. The largest absolute Gasteiger partial charge is 0.347 e. The lowest BCUT2D eigenvalue weighted by atomic mass is 10.1. The van der Waals surface area contributed by atoms with Crippen LogP contribution >= 0.6 is 11.3 Å². The maximum atomic E-state index is 13.0. The summed E-state index contributed by atoms with van der Waals surface area (Å²) in [5.74, 6) is -0.0229. The number of rotatable bonds is 7. The Morgan fingerprint density at radius 2 is 1.94 bits per heavy atom. The Hall–Kier alpha value is -4.12. The summed E-state index contributed by atoms with van der Waals surface area (Å²) in [6.45, 7) is 6.50. The van der Waals surface area contributed by atoms with E-state index in [0.717, 1.165) is 41.6 Å². The number of carbonyl (C=O) groups is 2. The van der Waals surface area contributed by atoms with Crippen LogP contribution in [0.4, 0.5) is 5.69 Å². The Morgan fingerprint density at radius 1 is 1.14 bits per heavy atom. The lowest BCUT2D eigenvalue weighted by molar-refractivity contribution is 0.0931. The van der Waals surface area contributed by atoms with Crippen molar-refractivity contribution in [3.63, 3.8) is 0 Å². The second kappa shape index (κ2) is 9.86. The summed E-state index contributed by atoms with van der Waals surface area (Å²) in [6.07, 6.45) is 3.80. The molecule has 5 rings (SSSR count). The Morgan fingerprint density at radius 3 is 2.67 bits per heavy atom. The van der Waals surface area contributed by atoms with Gasteiger partial charge in [-0.2, -0.15) is 5.01 Å². The van der Waals surface area contributed by atoms with E-state index in [0.29, 0.717) is 12.4 Å². The number of benzene rings is 1. The quantitative estimate of drug-likeness (QED) is 0.506. The Kier molecular flexibility index (Phi) is 6.47. The number of hydrogen-bond acceptors (Lipinski definition) is 9. The standard InChI is InChI=1S/C25H26N8O2S/c1-4-19-9-16(13-36-19)12-26-24(34)22-11-23(28-14-27-22)25(35)29-21-8-5-17-10-18(6-7-20(17)21)33-15(2)32(3)30-31-33/h6-7,9-11,13-14,21H,2,4-5,8,12H2,1,3H3,(H,26,34)(H,29,35)/t21-/m0/s1. The fourth-order valence-corrected chi connectivity index (χ4v) is 5.08. The molecule has 0 radical (unpaired) electrons. The van der Waals surface area contributed by atoms with E-state index in [4.69, 9.17) is 0 Å². The number of aromatic nitrogens is 2. The highest BCUT2D eigenvalue weighted by molar-refractivity contribution is 7.10. The van der Waals surface area contributed by atoms with Crippen LogP contribution in [0.15, 0.2) is 64.9 Å². The van der Waals surface area contributed by atoms with Crippen LogP contribution in [0.5, 0.6) is 0 Å². The number of thiophene rings is 1. The van der Waals surface area contributed by atoms with Crippen molar-refractivity contribution in [2.75, 3.05) is 12.1 Å². The molecule has 2 N–H and O–H groups in total. The number of hydrogen-bond donors (Lipinski definition) is 2. The van der Waals surface area contributed by atoms with Crippen LogP contribution in [-0.2, 0) is 19.4 Å². The molecular formula is C25H26N8O2S. The molecule has 0 unspecified atom stereocenters. The lowest BCUT2D eigenvalue weighted by Gasteiger charge is -2.18. The van der Waals surface area contributed by atoms with E-state index < -0.39 is 0 Å². The van der Waals surface area contributed by atoms with Gasteiger partial charge in [0.25, 0.3) is 11.8 Å². The van der Waals surface area contributed by atoms with E-state index in [1.165, 1.54) is 17.3 Å². The van der Waals surface area contributed by atoms with Crippen molar-refractivity contribution >= 4 is 28.8 Å². The van der Waals surface area contributed by atoms with E-state index in [-0.39, 0.29) is 29.2 Å². The molecule has 11 heteroatoms. The number of nitrogens with zero attached hydrogens (tertiary/aromatic N) is 6. The van der Waals surface area contributed by atoms with Crippen LogP contribution in [0, 0.1) is 0 Å². The van der Waals surface area contributed by atoms with E-state index in [1.807, 2.05) is 17.5 Å². The van der Waals surface area contributed by atoms with Gasteiger partial charge in [-0.05, 0) is 70.0 Å². The molecule has 2 aromatic heterocycles. The summed E-state index contributed by atoms with van der Waals surface area (Å²) in [5.41, 5.74) is 4.42. The number of carbonyl (C=O) groups excluding carboxylic acids is 2. The van der Waals surface area contributed by atoms with Gasteiger partial charge in [0.15, 0.2) is 0 Å². The Bertz CT molecular complexity index is 1370. The van der Waals surface area contributed by atoms with Gasteiger partial charge in [-0.15, -0.1) is 11.3 Å². The number of amides is 2. The van der Waals surface area contributed by atoms with Crippen LogP contribution < -0.4 is 15.6 Å². The Labute approximate surface area is 212 Å². The summed E-state index contributed by atoms with van der Waals surface area (Å²) in [5, 5.41) is 19.3. The first-order valence-corrected chi connectivity index (χ1v) is 12.6. The van der Waals surface area contributed by atoms with Crippen molar-refractivity contribution in [1.29, 1.82) is 0 Å². The fraction of sp³-hybridized carbons (Fsp3) is 0.280.